The number of rotatable bonds is 3. The molecule has 2 aromatic carbocycles. The summed E-state index contributed by atoms with van der Waals surface area (Å²) in [6.45, 7) is 3.80. The first-order valence-corrected chi connectivity index (χ1v) is 7.40. The smallest absolute Gasteiger partial charge is 0.132 e. The highest BCUT2D eigenvalue weighted by molar-refractivity contribution is 5.46. The molecule has 0 saturated carbocycles. The molecule has 0 amide bonds. The normalized spacial score (nSPS) is 16.0. The maximum atomic E-state index is 13.7. The fraction of sp³-hybridized carbons (Fsp3) is 0.294. The van der Waals surface area contributed by atoms with Crippen LogP contribution >= 0.6 is 0 Å². The summed E-state index contributed by atoms with van der Waals surface area (Å²) in [5.74, 6) is -0.995. The lowest BCUT2D eigenvalue weighted by atomic mass is 10.1. The molecule has 1 aliphatic rings. The summed E-state index contributed by atoms with van der Waals surface area (Å²) < 4.78 is 39.8. The highest BCUT2D eigenvalue weighted by atomic mass is 19.1. The lowest BCUT2D eigenvalue weighted by Gasteiger charge is -2.33. The van der Waals surface area contributed by atoms with E-state index in [2.05, 4.69) is 4.90 Å². The first-order valence-electron chi connectivity index (χ1n) is 7.40. The van der Waals surface area contributed by atoms with Crippen LogP contribution in [0.4, 0.5) is 18.9 Å². The molecule has 1 saturated heterocycles. The van der Waals surface area contributed by atoms with E-state index >= 15 is 0 Å². The van der Waals surface area contributed by atoms with Crippen molar-refractivity contribution in [3.8, 4) is 0 Å². The number of halogens is 3. The van der Waals surface area contributed by atoms with Gasteiger partial charge in [0, 0.05) is 11.3 Å². The van der Waals surface area contributed by atoms with E-state index in [0.717, 1.165) is 37.9 Å². The maximum absolute atomic E-state index is 13.7. The van der Waals surface area contributed by atoms with Crippen molar-refractivity contribution in [1.82, 2.24) is 0 Å². The Morgan fingerprint density at radius 2 is 1.50 bits per heavy atom. The van der Waals surface area contributed by atoms with E-state index in [0.29, 0.717) is 12.1 Å². The number of quaternary nitrogens is 1. The van der Waals surface area contributed by atoms with E-state index < -0.39 is 5.82 Å². The van der Waals surface area contributed by atoms with E-state index in [1.54, 1.807) is 12.1 Å². The number of hydrogen-bond donors (Lipinski definition) is 1. The van der Waals surface area contributed by atoms with Crippen LogP contribution in [-0.4, -0.2) is 26.2 Å². The first-order chi connectivity index (χ1) is 10.6. The molecule has 116 valence electrons. The van der Waals surface area contributed by atoms with Crippen molar-refractivity contribution < 1.29 is 18.1 Å². The summed E-state index contributed by atoms with van der Waals surface area (Å²) in [5.41, 5.74) is 1.42. The van der Waals surface area contributed by atoms with E-state index in [4.69, 9.17) is 0 Å². The second-order valence-corrected chi connectivity index (χ2v) is 5.63. The van der Waals surface area contributed by atoms with Gasteiger partial charge in [-0.3, -0.25) is 0 Å². The molecule has 0 bridgehead atoms. The van der Waals surface area contributed by atoms with Crippen molar-refractivity contribution in [2.45, 2.75) is 6.54 Å². The molecule has 2 nitrogen and oxygen atoms in total. The van der Waals surface area contributed by atoms with Crippen LogP contribution in [0.1, 0.15) is 5.56 Å². The number of piperazine rings is 1. The Morgan fingerprint density at radius 3 is 2.18 bits per heavy atom. The number of nitrogens with one attached hydrogen (secondary N) is 1. The molecule has 2 aromatic rings. The summed E-state index contributed by atoms with van der Waals surface area (Å²) in [6, 6.07) is 10.0. The summed E-state index contributed by atoms with van der Waals surface area (Å²) in [5, 5.41) is 0. The van der Waals surface area contributed by atoms with Crippen molar-refractivity contribution in [3.63, 3.8) is 0 Å². The largest absolute Gasteiger partial charge is 0.360 e. The van der Waals surface area contributed by atoms with E-state index in [-0.39, 0.29) is 11.6 Å². The topological polar surface area (TPSA) is 7.68 Å². The third-order valence-electron chi connectivity index (χ3n) is 4.11. The van der Waals surface area contributed by atoms with Crippen LogP contribution in [-0.2, 0) is 6.54 Å². The van der Waals surface area contributed by atoms with Gasteiger partial charge in [-0.1, -0.05) is 0 Å². The number of hydrogen-bond acceptors (Lipinski definition) is 1. The fourth-order valence-electron chi connectivity index (χ4n) is 2.86. The van der Waals surface area contributed by atoms with Gasteiger partial charge in [0.25, 0.3) is 0 Å². The summed E-state index contributed by atoms with van der Waals surface area (Å²) in [7, 11) is 0. The maximum Gasteiger partial charge on any atom is 0.132 e. The molecule has 1 N–H and O–H groups in total. The van der Waals surface area contributed by atoms with E-state index in [9.17, 15) is 13.2 Å². The number of anilines is 1. The van der Waals surface area contributed by atoms with E-state index in [1.807, 2.05) is 0 Å². The molecule has 0 atom stereocenters. The van der Waals surface area contributed by atoms with Gasteiger partial charge in [0.2, 0.25) is 0 Å². The molecule has 3 rings (SSSR count). The third kappa shape index (κ3) is 3.42. The molecule has 0 spiro atoms. The lowest BCUT2D eigenvalue weighted by Crippen LogP contribution is -3.13. The molecule has 1 fully saturated rings. The molecule has 5 heteroatoms. The second kappa shape index (κ2) is 6.40. The minimum absolute atomic E-state index is 0.241. The van der Waals surface area contributed by atoms with Gasteiger partial charge in [-0.15, -0.1) is 0 Å². The van der Waals surface area contributed by atoms with Crippen LogP contribution in [0.15, 0.2) is 42.5 Å². The van der Waals surface area contributed by atoms with Crippen LogP contribution in [0.25, 0.3) is 0 Å². The highest BCUT2D eigenvalue weighted by Crippen LogP contribution is 2.14. The Morgan fingerprint density at radius 1 is 0.864 bits per heavy atom. The number of benzene rings is 2. The van der Waals surface area contributed by atoms with Crippen molar-refractivity contribution in [2.75, 3.05) is 31.1 Å². The average Bonchev–Trinajstić information content (AvgIpc) is 2.53. The van der Waals surface area contributed by atoms with E-state index in [1.165, 1.54) is 29.2 Å². The predicted octanol–water partition coefficient (Wildman–Crippen LogP) is 2.01. The Hall–Kier alpha value is -2.01. The third-order valence-corrected chi connectivity index (χ3v) is 4.11. The minimum Gasteiger partial charge on any atom is -0.360 e. The van der Waals surface area contributed by atoms with Crippen LogP contribution in [0, 0.1) is 17.5 Å². The van der Waals surface area contributed by atoms with Crippen LogP contribution in [0.2, 0.25) is 0 Å². The van der Waals surface area contributed by atoms with Crippen molar-refractivity contribution in [1.29, 1.82) is 0 Å². The Labute approximate surface area is 127 Å². The zero-order chi connectivity index (χ0) is 15.5. The van der Waals surface area contributed by atoms with Gasteiger partial charge in [0.15, 0.2) is 0 Å². The zero-order valence-corrected chi connectivity index (χ0v) is 12.2. The molecule has 0 aromatic heterocycles. The van der Waals surface area contributed by atoms with Crippen LogP contribution < -0.4 is 9.80 Å². The summed E-state index contributed by atoms with van der Waals surface area (Å²) >= 11 is 0. The van der Waals surface area contributed by atoms with Gasteiger partial charge in [0.05, 0.1) is 26.2 Å². The Bertz CT molecular complexity index is 635. The molecule has 0 unspecified atom stereocenters. The highest BCUT2D eigenvalue weighted by Gasteiger charge is 2.21. The minimum atomic E-state index is -0.402. The SMILES string of the molecule is Fc1ccc(N2CC[NH+](Cc3cc(F)ccc3F)CC2)cc1. The molecule has 0 aliphatic carbocycles. The molecule has 1 aliphatic heterocycles. The lowest BCUT2D eigenvalue weighted by molar-refractivity contribution is -0.914. The second-order valence-electron chi connectivity index (χ2n) is 5.63. The standard InChI is InChI=1S/C17H17F3N2/c18-14-1-4-16(5-2-14)22-9-7-21(8-10-22)12-13-11-15(19)3-6-17(13)20/h1-6,11H,7-10,12H2/p+1. The molecule has 0 radical (unpaired) electrons. The average molecular weight is 307 g/mol. The Kier molecular flexibility index (Phi) is 4.34. The quantitative estimate of drug-likeness (QED) is 0.911. The zero-order valence-electron chi connectivity index (χ0n) is 12.2. The molecule has 1 heterocycles. The van der Waals surface area contributed by atoms with Gasteiger partial charge in [-0.25, -0.2) is 13.2 Å². The molecular weight excluding hydrogens is 289 g/mol. The van der Waals surface area contributed by atoms with Gasteiger partial charge >= 0.3 is 0 Å². The Balaban J connectivity index is 1.60. The molecule has 22 heavy (non-hydrogen) atoms. The summed E-state index contributed by atoms with van der Waals surface area (Å²) in [4.78, 5) is 3.41. The van der Waals surface area contributed by atoms with Crippen LogP contribution in [0.3, 0.4) is 0 Å². The molecular formula is C17H18F3N2+. The van der Waals surface area contributed by atoms with Crippen molar-refractivity contribution in [2.24, 2.45) is 0 Å². The van der Waals surface area contributed by atoms with Gasteiger partial charge in [-0.05, 0) is 42.5 Å². The number of nitrogens with zero attached hydrogens (tertiary/aromatic N) is 1. The summed E-state index contributed by atoms with van der Waals surface area (Å²) in [6.07, 6.45) is 0. The van der Waals surface area contributed by atoms with Crippen molar-refractivity contribution >= 4 is 5.69 Å². The van der Waals surface area contributed by atoms with Gasteiger partial charge < -0.3 is 9.80 Å². The monoisotopic (exact) mass is 307 g/mol. The van der Waals surface area contributed by atoms with Gasteiger partial charge in [0.1, 0.15) is 24.0 Å². The van der Waals surface area contributed by atoms with Crippen LogP contribution in [0.5, 0.6) is 0 Å². The van der Waals surface area contributed by atoms with Crippen molar-refractivity contribution in [3.05, 3.63) is 65.5 Å². The van der Waals surface area contributed by atoms with Gasteiger partial charge in [-0.2, -0.15) is 0 Å². The predicted molar refractivity (Wildman–Crippen MR) is 79.4 cm³/mol. The first kappa shape index (κ1) is 14.9. The fourth-order valence-corrected chi connectivity index (χ4v) is 2.86.